The van der Waals surface area contributed by atoms with Gasteiger partial charge in [0.15, 0.2) is 0 Å². The van der Waals surface area contributed by atoms with Crippen molar-refractivity contribution in [2.75, 3.05) is 5.32 Å². The molecule has 0 bridgehead atoms. The van der Waals surface area contributed by atoms with Crippen molar-refractivity contribution in [2.24, 2.45) is 5.92 Å². The highest BCUT2D eigenvalue weighted by atomic mass is 16.2. The normalized spacial score (nSPS) is 16.5. The number of rotatable bonds is 6. The van der Waals surface area contributed by atoms with E-state index in [2.05, 4.69) is 57.6 Å². The van der Waals surface area contributed by atoms with E-state index in [1.165, 1.54) is 5.56 Å². The average Bonchev–Trinajstić information content (AvgIpc) is 3.08. The van der Waals surface area contributed by atoms with Crippen molar-refractivity contribution in [3.63, 3.8) is 0 Å². The van der Waals surface area contributed by atoms with E-state index in [1.54, 1.807) is 49.2 Å². The number of pyridine rings is 3. The Balaban J connectivity index is 1.41. The molecule has 0 spiro atoms. The van der Waals surface area contributed by atoms with Crippen LogP contribution in [0.2, 0.25) is 0 Å². The molecule has 38 heavy (non-hydrogen) atoms. The van der Waals surface area contributed by atoms with Gasteiger partial charge in [0.2, 0.25) is 0 Å². The number of fused-ring (bicyclic) bond motifs is 1. The Bertz CT molecular complexity index is 1480. The van der Waals surface area contributed by atoms with Crippen LogP contribution in [-0.2, 0) is 11.3 Å². The molecule has 4 aromatic rings. The summed E-state index contributed by atoms with van der Waals surface area (Å²) in [4.78, 5) is 38.2. The van der Waals surface area contributed by atoms with E-state index >= 15 is 0 Å². The number of anilines is 1. The molecule has 7 heteroatoms. The van der Waals surface area contributed by atoms with Crippen molar-refractivity contribution in [1.29, 1.82) is 0 Å². The number of carbonyl (C=O) groups is 2. The standard InChI is InChI=1S/C31H29N5O2/c1-20-15-26(30(37)36-27-8-12-33-13-9-27)17-25-16-23(3-4-28(25)21(20)2)24-7-14-34-29(18-24)31(38)35-19-22-5-10-32-11-6-22/h3-14,16-18,20-21H,15,19H2,1-2H3,(H,35,38)(H,33,36,37). The molecule has 2 atom stereocenters. The number of nitrogens with one attached hydrogen (secondary N) is 2. The van der Waals surface area contributed by atoms with E-state index in [1.807, 2.05) is 24.3 Å². The van der Waals surface area contributed by atoms with Crippen LogP contribution in [0.3, 0.4) is 0 Å². The van der Waals surface area contributed by atoms with E-state index in [4.69, 9.17) is 0 Å². The number of hydrogen-bond acceptors (Lipinski definition) is 5. The fraction of sp³-hybridized carbons (Fsp3) is 0.194. The Morgan fingerprint density at radius 3 is 2.32 bits per heavy atom. The molecule has 2 N–H and O–H groups in total. The van der Waals surface area contributed by atoms with Gasteiger partial charge in [-0.25, -0.2) is 0 Å². The smallest absolute Gasteiger partial charge is 0.270 e. The number of benzene rings is 1. The zero-order chi connectivity index (χ0) is 26.5. The Hall–Kier alpha value is -4.65. The fourth-order valence-electron chi connectivity index (χ4n) is 4.68. The summed E-state index contributed by atoms with van der Waals surface area (Å²) in [5.41, 5.74) is 6.84. The first kappa shape index (κ1) is 25.0. The van der Waals surface area contributed by atoms with Gasteiger partial charge in [-0.2, -0.15) is 0 Å². The fourth-order valence-corrected chi connectivity index (χ4v) is 4.68. The molecule has 3 heterocycles. The van der Waals surface area contributed by atoms with E-state index < -0.39 is 0 Å². The van der Waals surface area contributed by atoms with Crippen molar-refractivity contribution < 1.29 is 9.59 Å². The molecule has 190 valence electrons. The summed E-state index contributed by atoms with van der Waals surface area (Å²) in [5.74, 6) is 0.239. The summed E-state index contributed by atoms with van der Waals surface area (Å²) in [7, 11) is 0. The van der Waals surface area contributed by atoms with Gasteiger partial charge in [0.1, 0.15) is 5.69 Å². The Morgan fingerprint density at radius 1 is 0.842 bits per heavy atom. The number of aromatic nitrogens is 3. The first-order valence-corrected chi connectivity index (χ1v) is 12.7. The first-order chi connectivity index (χ1) is 18.5. The van der Waals surface area contributed by atoms with Crippen molar-refractivity contribution in [3.05, 3.63) is 114 Å². The Morgan fingerprint density at radius 2 is 1.55 bits per heavy atom. The Kier molecular flexibility index (Phi) is 7.35. The minimum Gasteiger partial charge on any atom is -0.347 e. The number of amides is 2. The maximum Gasteiger partial charge on any atom is 0.270 e. The maximum atomic E-state index is 13.2. The molecule has 3 aromatic heterocycles. The second kappa shape index (κ2) is 11.2. The van der Waals surface area contributed by atoms with Gasteiger partial charge in [-0.05, 0) is 94.6 Å². The van der Waals surface area contributed by atoms with Crippen LogP contribution < -0.4 is 10.6 Å². The summed E-state index contributed by atoms with van der Waals surface area (Å²) >= 11 is 0. The van der Waals surface area contributed by atoms with Gasteiger partial charge in [0.25, 0.3) is 11.8 Å². The lowest BCUT2D eigenvalue weighted by Crippen LogP contribution is -2.23. The third-order valence-electron chi connectivity index (χ3n) is 7.06. The topological polar surface area (TPSA) is 96.9 Å². The van der Waals surface area contributed by atoms with Crippen LogP contribution in [0.1, 0.15) is 53.4 Å². The lowest BCUT2D eigenvalue weighted by atomic mass is 9.85. The molecule has 1 aliphatic rings. The summed E-state index contributed by atoms with van der Waals surface area (Å²) in [5, 5.41) is 5.91. The molecular formula is C31H29N5O2. The highest BCUT2D eigenvalue weighted by Crippen LogP contribution is 2.38. The molecule has 7 nitrogen and oxygen atoms in total. The molecule has 0 fully saturated rings. The van der Waals surface area contributed by atoms with Gasteiger partial charge >= 0.3 is 0 Å². The van der Waals surface area contributed by atoms with Crippen molar-refractivity contribution in [3.8, 4) is 11.1 Å². The van der Waals surface area contributed by atoms with E-state index in [9.17, 15) is 9.59 Å². The predicted octanol–water partition coefficient (Wildman–Crippen LogP) is 5.63. The number of nitrogens with zero attached hydrogens (tertiary/aromatic N) is 3. The second-order valence-corrected chi connectivity index (χ2v) is 9.64. The van der Waals surface area contributed by atoms with Crippen LogP contribution in [0.5, 0.6) is 0 Å². The quantitative estimate of drug-likeness (QED) is 0.355. The third kappa shape index (κ3) is 5.67. The van der Waals surface area contributed by atoms with Crippen molar-refractivity contribution in [1.82, 2.24) is 20.3 Å². The van der Waals surface area contributed by atoms with Crippen molar-refractivity contribution >= 4 is 23.6 Å². The summed E-state index contributed by atoms with van der Waals surface area (Å²) in [6, 6.07) is 17.3. The lowest BCUT2D eigenvalue weighted by molar-refractivity contribution is -0.113. The van der Waals surface area contributed by atoms with Crippen molar-refractivity contribution in [2.45, 2.75) is 32.7 Å². The van der Waals surface area contributed by atoms with Gasteiger partial charge in [0.05, 0.1) is 0 Å². The van der Waals surface area contributed by atoms with Gasteiger partial charge in [-0.3, -0.25) is 24.5 Å². The van der Waals surface area contributed by atoms with Crippen LogP contribution in [0.25, 0.3) is 17.2 Å². The highest BCUT2D eigenvalue weighted by Gasteiger charge is 2.25. The minimum atomic E-state index is -0.240. The molecule has 0 aliphatic heterocycles. The van der Waals surface area contributed by atoms with Gasteiger partial charge < -0.3 is 10.6 Å². The molecule has 0 saturated carbocycles. The summed E-state index contributed by atoms with van der Waals surface area (Å²) in [6.07, 6.45) is 11.0. The van der Waals surface area contributed by atoms with Crippen LogP contribution in [0, 0.1) is 5.92 Å². The third-order valence-corrected chi connectivity index (χ3v) is 7.06. The Labute approximate surface area is 222 Å². The van der Waals surface area contributed by atoms with Crippen LogP contribution in [-0.4, -0.2) is 26.8 Å². The molecule has 0 saturated heterocycles. The number of hydrogen-bond donors (Lipinski definition) is 2. The predicted molar refractivity (Wildman–Crippen MR) is 148 cm³/mol. The summed E-state index contributed by atoms with van der Waals surface area (Å²) in [6.45, 7) is 4.79. The van der Waals surface area contributed by atoms with Crippen LogP contribution in [0.15, 0.2) is 91.2 Å². The SMILES string of the molecule is CC1CC(C(=O)Nc2ccncc2)=Cc2cc(-c3ccnc(C(=O)NCc4ccncc4)c3)ccc2C1C. The molecule has 2 amide bonds. The van der Waals surface area contributed by atoms with Gasteiger partial charge in [-0.1, -0.05) is 26.0 Å². The molecular weight excluding hydrogens is 474 g/mol. The lowest BCUT2D eigenvalue weighted by Gasteiger charge is -2.20. The summed E-state index contributed by atoms with van der Waals surface area (Å²) < 4.78 is 0. The average molecular weight is 504 g/mol. The van der Waals surface area contributed by atoms with E-state index in [0.717, 1.165) is 33.5 Å². The largest absolute Gasteiger partial charge is 0.347 e. The molecule has 5 rings (SSSR count). The zero-order valence-corrected chi connectivity index (χ0v) is 21.4. The van der Waals surface area contributed by atoms with E-state index in [-0.39, 0.29) is 17.7 Å². The molecule has 1 aliphatic carbocycles. The van der Waals surface area contributed by atoms with Gasteiger partial charge in [0, 0.05) is 48.8 Å². The highest BCUT2D eigenvalue weighted by molar-refractivity contribution is 6.07. The van der Waals surface area contributed by atoms with E-state index in [0.29, 0.717) is 24.6 Å². The number of carbonyl (C=O) groups excluding carboxylic acids is 2. The minimum absolute atomic E-state index is 0.106. The van der Waals surface area contributed by atoms with Crippen LogP contribution >= 0.6 is 0 Å². The molecule has 1 aromatic carbocycles. The van der Waals surface area contributed by atoms with Crippen LogP contribution in [0.4, 0.5) is 5.69 Å². The second-order valence-electron chi connectivity index (χ2n) is 9.64. The van der Waals surface area contributed by atoms with Gasteiger partial charge in [-0.15, -0.1) is 0 Å². The first-order valence-electron chi connectivity index (χ1n) is 12.7. The zero-order valence-electron chi connectivity index (χ0n) is 21.4. The monoisotopic (exact) mass is 503 g/mol. The molecule has 2 unspecified atom stereocenters. The molecule has 0 radical (unpaired) electrons. The maximum absolute atomic E-state index is 13.2.